The molecule has 0 bridgehead atoms. The lowest BCUT2D eigenvalue weighted by atomic mass is 9.90. The SMILES string of the molecule is CCOC(=O)[C@@H]1[C@@H](Cc2ccccc2)C[C@H](CC[C@@H](NC(=O)OCc2ccccc2)C(=O)OC)N1C(=O)OC(C)(C)C. The van der Waals surface area contributed by atoms with Crippen LogP contribution in [0.15, 0.2) is 60.7 Å². The third-order valence-corrected chi connectivity index (χ3v) is 6.97. The lowest BCUT2D eigenvalue weighted by Gasteiger charge is -2.33. The molecule has 2 amide bonds. The highest BCUT2D eigenvalue weighted by Crippen LogP contribution is 2.37. The minimum absolute atomic E-state index is 0.0397. The number of rotatable bonds is 11. The smallest absolute Gasteiger partial charge is 0.411 e. The van der Waals surface area contributed by atoms with Crippen molar-refractivity contribution in [2.45, 2.75) is 83.7 Å². The molecule has 0 aromatic heterocycles. The molecule has 1 fully saturated rings. The minimum atomic E-state index is -1.02. The van der Waals surface area contributed by atoms with Gasteiger partial charge in [0.05, 0.1) is 13.7 Å². The van der Waals surface area contributed by atoms with E-state index in [9.17, 15) is 19.2 Å². The van der Waals surface area contributed by atoms with Crippen molar-refractivity contribution in [3.63, 3.8) is 0 Å². The van der Waals surface area contributed by atoms with Crippen molar-refractivity contribution >= 4 is 24.1 Å². The summed E-state index contributed by atoms with van der Waals surface area (Å²) in [4.78, 5) is 53.4. The quantitative estimate of drug-likeness (QED) is 0.289. The molecule has 1 saturated heterocycles. The van der Waals surface area contributed by atoms with Crippen LogP contribution in [0.1, 0.15) is 58.1 Å². The molecule has 1 aliphatic rings. The molecule has 2 aromatic carbocycles. The second-order valence-electron chi connectivity index (χ2n) is 11.3. The predicted molar refractivity (Wildman–Crippen MR) is 155 cm³/mol. The van der Waals surface area contributed by atoms with Gasteiger partial charge in [-0.2, -0.15) is 0 Å². The van der Waals surface area contributed by atoms with Crippen LogP contribution in [0.25, 0.3) is 0 Å². The number of ether oxygens (including phenoxy) is 4. The fraction of sp³-hybridized carbons (Fsp3) is 0.500. The average Bonchev–Trinajstić information content (AvgIpc) is 3.32. The summed E-state index contributed by atoms with van der Waals surface area (Å²) >= 11 is 0. The molecule has 3 rings (SSSR count). The number of esters is 2. The molecule has 1 aliphatic heterocycles. The molecule has 2 aromatic rings. The Bertz CT molecular complexity index is 1180. The Hall–Kier alpha value is -4.08. The normalized spacial score (nSPS) is 19.0. The second-order valence-corrected chi connectivity index (χ2v) is 11.3. The lowest BCUT2D eigenvalue weighted by molar-refractivity contribution is -0.150. The van der Waals surface area contributed by atoms with Crippen molar-refractivity contribution in [3.8, 4) is 0 Å². The first-order valence-corrected chi connectivity index (χ1v) is 14.3. The molecule has 0 aliphatic carbocycles. The van der Waals surface area contributed by atoms with E-state index < -0.39 is 47.9 Å². The average molecular weight is 583 g/mol. The zero-order valence-electron chi connectivity index (χ0n) is 25.0. The Morgan fingerprint density at radius 1 is 0.952 bits per heavy atom. The predicted octanol–water partition coefficient (Wildman–Crippen LogP) is 5.03. The third kappa shape index (κ3) is 9.49. The molecule has 10 nitrogen and oxygen atoms in total. The standard InChI is InChI=1S/C32H42N2O8/c1-6-40-29(36)27-24(19-22-13-9-7-10-14-22)20-25(34(27)31(38)42-32(2,3)4)17-18-26(28(35)39-5)33-30(37)41-21-23-15-11-8-12-16-23/h7-16,24-27H,6,17-21H2,1-5H3,(H,33,37)/t24-,25-,26+,27-/m0/s1. The number of methoxy groups -OCH3 is 1. The summed E-state index contributed by atoms with van der Waals surface area (Å²) in [5, 5.41) is 2.59. The fourth-order valence-corrected chi connectivity index (χ4v) is 5.18. The Kier molecular flexibility index (Phi) is 11.8. The molecule has 10 heteroatoms. The molecule has 0 saturated carbocycles. The Balaban J connectivity index is 1.80. The van der Waals surface area contributed by atoms with Gasteiger partial charge in [0.1, 0.15) is 24.3 Å². The van der Waals surface area contributed by atoms with Gasteiger partial charge in [-0.25, -0.2) is 19.2 Å². The van der Waals surface area contributed by atoms with Gasteiger partial charge in [0, 0.05) is 6.04 Å². The highest BCUT2D eigenvalue weighted by molar-refractivity contribution is 5.83. The number of hydrogen-bond donors (Lipinski definition) is 1. The molecule has 228 valence electrons. The van der Waals surface area contributed by atoms with Crippen LogP contribution < -0.4 is 5.32 Å². The molecular weight excluding hydrogens is 540 g/mol. The summed E-state index contributed by atoms with van der Waals surface area (Å²) in [7, 11) is 1.24. The van der Waals surface area contributed by atoms with Crippen molar-refractivity contribution in [1.82, 2.24) is 10.2 Å². The Morgan fingerprint density at radius 2 is 1.57 bits per heavy atom. The van der Waals surface area contributed by atoms with Gasteiger partial charge in [-0.05, 0) is 70.4 Å². The number of nitrogens with one attached hydrogen (secondary N) is 1. The molecule has 0 spiro atoms. The summed E-state index contributed by atoms with van der Waals surface area (Å²) in [6.07, 6.45) is 0.0558. The van der Waals surface area contributed by atoms with Gasteiger partial charge in [-0.1, -0.05) is 60.7 Å². The van der Waals surface area contributed by atoms with E-state index in [1.165, 1.54) is 12.0 Å². The number of carbonyl (C=O) groups is 4. The van der Waals surface area contributed by atoms with E-state index in [-0.39, 0.29) is 25.6 Å². The van der Waals surface area contributed by atoms with Crippen LogP contribution in [0.2, 0.25) is 0 Å². The topological polar surface area (TPSA) is 120 Å². The van der Waals surface area contributed by atoms with Crippen LogP contribution in [-0.2, 0) is 41.6 Å². The lowest BCUT2D eigenvalue weighted by Crippen LogP contribution is -2.50. The van der Waals surface area contributed by atoms with Crippen LogP contribution >= 0.6 is 0 Å². The number of benzene rings is 2. The minimum Gasteiger partial charge on any atom is -0.467 e. The van der Waals surface area contributed by atoms with Gasteiger partial charge in [0.15, 0.2) is 0 Å². The van der Waals surface area contributed by atoms with E-state index in [0.717, 1.165) is 11.1 Å². The van der Waals surface area contributed by atoms with E-state index in [0.29, 0.717) is 19.3 Å². The van der Waals surface area contributed by atoms with Gasteiger partial charge in [0.25, 0.3) is 0 Å². The van der Waals surface area contributed by atoms with Crippen molar-refractivity contribution in [3.05, 3.63) is 71.8 Å². The summed E-state index contributed by atoms with van der Waals surface area (Å²) in [5.74, 6) is -1.39. The summed E-state index contributed by atoms with van der Waals surface area (Å²) in [5.41, 5.74) is 1.03. The largest absolute Gasteiger partial charge is 0.467 e. The molecule has 0 radical (unpaired) electrons. The van der Waals surface area contributed by atoms with E-state index in [1.807, 2.05) is 60.7 Å². The third-order valence-electron chi connectivity index (χ3n) is 6.97. The summed E-state index contributed by atoms with van der Waals surface area (Å²) in [6, 6.07) is 16.5. The van der Waals surface area contributed by atoms with E-state index in [2.05, 4.69) is 5.32 Å². The van der Waals surface area contributed by atoms with Crippen LogP contribution in [0, 0.1) is 5.92 Å². The number of alkyl carbamates (subject to hydrolysis) is 1. The molecular formula is C32H42N2O8. The zero-order chi connectivity index (χ0) is 30.7. The Morgan fingerprint density at radius 3 is 2.14 bits per heavy atom. The maximum absolute atomic E-state index is 13.5. The highest BCUT2D eigenvalue weighted by atomic mass is 16.6. The first kappa shape index (κ1) is 32.4. The maximum atomic E-state index is 13.5. The number of likely N-dealkylation sites (tertiary alicyclic amines) is 1. The van der Waals surface area contributed by atoms with Crippen molar-refractivity contribution in [2.75, 3.05) is 13.7 Å². The van der Waals surface area contributed by atoms with Gasteiger partial charge in [-0.3, -0.25) is 4.90 Å². The molecule has 1 heterocycles. The van der Waals surface area contributed by atoms with Crippen molar-refractivity contribution in [2.24, 2.45) is 5.92 Å². The van der Waals surface area contributed by atoms with Crippen molar-refractivity contribution in [1.29, 1.82) is 0 Å². The van der Waals surface area contributed by atoms with Crippen LogP contribution in [0.4, 0.5) is 9.59 Å². The first-order valence-electron chi connectivity index (χ1n) is 14.3. The molecule has 42 heavy (non-hydrogen) atoms. The zero-order valence-corrected chi connectivity index (χ0v) is 25.0. The van der Waals surface area contributed by atoms with Gasteiger partial charge >= 0.3 is 24.1 Å². The molecule has 0 unspecified atom stereocenters. The number of nitrogens with zero attached hydrogens (tertiary/aromatic N) is 1. The summed E-state index contributed by atoms with van der Waals surface area (Å²) in [6.45, 7) is 7.20. The fourth-order valence-electron chi connectivity index (χ4n) is 5.18. The second kappa shape index (κ2) is 15.2. The number of hydrogen-bond acceptors (Lipinski definition) is 8. The number of carbonyl (C=O) groups excluding carboxylic acids is 4. The van der Waals surface area contributed by atoms with Crippen LogP contribution in [0.3, 0.4) is 0 Å². The molecule has 4 atom stereocenters. The first-order chi connectivity index (χ1) is 20.0. The van der Waals surface area contributed by atoms with Gasteiger partial charge < -0.3 is 24.3 Å². The van der Waals surface area contributed by atoms with E-state index in [4.69, 9.17) is 18.9 Å². The van der Waals surface area contributed by atoms with Crippen LogP contribution in [-0.4, -0.2) is 66.5 Å². The number of amides is 2. The maximum Gasteiger partial charge on any atom is 0.411 e. The Labute approximate surface area is 247 Å². The van der Waals surface area contributed by atoms with E-state index >= 15 is 0 Å². The monoisotopic (exact) mass is 582 g/mol. The highest BCUT2D eigenvalue weighted by Gasteiger charge is 2.49. The van der Waals surface area contributed by atoms with Crippen molar-refractivity contribution < 1.29 is 38.1 Å². The van der Waals surface area contributed by atoms with E-state index in [1.54, 1.807) is 27.7 Å². The van der Waals surface area contributed by atoms with Crippen LogP contribution in [0.5, 0.6) is 0 Å². The molecule has 1 N–H and O–H groups in total. The van der Waals surface area contributed by atoms with Gasteiger partial charge in [0.2, 0.25) is 0 Å². The van der Waals surface area contributed by atoms with Gasteiger partial charge in [-0.15, -0.1) is 0 Å². The summed E-state index contributed by atoms with van der Waals surface area (Å²) < 4.78 is 21.4.